The molecule has 1 N–H and O–H groups in total. The molecular formula is C11H15FN2. The molecule has 14 heavy (non-hydrogen) atoms. The van der Waals surface area contributed by atoms with Crippen LogP contribution in [0.1, 0.15) is 20.3 Å². The summed E-state index contributed by atoms with van der Waals surface area (Å²) in [4.78, 5) is 3.60. The van der Waals surface area contributed by atoms with E-state index in [0.717, 1.165) is 17.5 Å². The third-order valence-corrected chi connectivity index (χ3v) is 2.94. The van der Waals surface area contributed by atoms with Gasteiger partial charge in [-0.05, 0) is 37.3 Å². The van der Waals surface area contributed by atoms with Crippen LogP contribution in [0.15, 0.2) is 18.3 Å². The van der Waals surface area contributed by atoms with E-state index in [4.69, 9.17) is 0 Å². The fourth-order valence-electron chi connectivity index (χ4n) is 1.88. The van der Waals surface area contributed by atoms with E-state index >= 15 is 0 Å². The van der Waals surface area contributed by atoms with E-state index in [1.165, 1.54) is 12.5 Å². The molecule has 2 nitrogen and oxygen atoms in total. The first-order valence-corrected chi connectivity index (χ1v) is 5.05. The number of hydrogen-bond acceptors (Lipinski definition) is 2. The lowest BCUT2D eigenvalue weighted by atomic mass is 10.2. The minimum atomic E-state index is -0.428. The standard InChI is InChI=1S/C11H15FN2/c1-7-5-10(7)8(2)14-9-3-4-11(12)13-6-9/h3-4,6-8,10,14H,5H2,1-2H3. The summed E-state index contributed by atoms with van der Waals surface area (Å²) in [6.07, 6.45) is 2.83. The highest BCUT2D eigenvalue weighted by Crippen LogP contribution is 2.41. The van der Waals surface area contributed by atoms with Crippen LogP contribution in [0.3, 0.4) is 0 Å². The Hall–Kier alpha value is -1.12. The van der Waals surface area contributed by atoms with Crippen molar-refractivity contribution in [2.75, 3.05) is 5.32 Å². The zero-order valence-corrected chi connectivity index (χ0v) is 8.50. The molecule has 2 rings (SSSR count). The van der Waals surface area contributed by atoms with Crippen molar-refractivity contribution < 1.29 is 4.39 Å². The van der Waals surface area contributed by atoms with Crippen molar-refractivity contribution in [1.82, 2.24) is 4.98 Å². The van der Waals surface area contributed by atoms with Gasteiger partial charge in [0.15, 0.2) is 0 Å². The summed E-state index contributed by atoms with van der Waals surface area (Å²) in [6, 6.07) is 3.56. The number of nitrogens with one attached hydrogen (secondary N) is 1. The average Bonchev–Trinajstić information content (AvgIpc) is 2.87. The second-order valence-corrected chi connectivity index (χ2v) is 4.18. The highest BCUT2D eigenvalue weighted by Gasteiger charge is 2.37. The predicted molar refractivity (Wildman–Crippen MR) is 54.6 cm³/mol. The van der Waals surface area contributed by atoms with E-state index in [0.29, 0.717) is 6.04 Å². The Labute approximate surface area is 83.6 Å². The van der Waals surface area contributed by atoms with Crippen LogP contribution in [-0.4, -0.2) is 11.0 Å². The molecule has 1 aromatic heterocycles. The zero-order valence-electron chi connectivity index (χ0n) is 8.50. The quantitative estimate of drug-likeness (QED) is 0.748. The summed E-state index contributed by atoms with van der Waals surface area (Å²) < 4.78 is 12.5. The van der Waals surface area contributed by atoms with Crippen molar-refractivity contribution in [3.8, 4) is 0 Å². The number of halogens is 1. The fourth-order valence-corrected chi connectivity index (χ4v) is 1.88. The molecular weight excluding hydrogens is 179 g/mol. The van der Waals surface area contributed by atoms with Gasteiger partial charge in [0.2, 0.25) is 5.95 Å². The number of nitrogens with zero attached hydrogens (tertiary/aromatic N) is 1. The molecule has 0 bridgehead atoms. The van der Waals surface area contributed by atoms with Crippen LogP contribution >= 0.6 is 0 Å². The molecule has 1 fully saturated rings. The third kappa shape index (κ3) is 2.03. The Morgan fingerprint density at radius 2 is 2.29 bits per heavy atom. The van der Waals surface area contributed by atoms with Gasteiger partial charge in [-0.15, -0.1) is 0 Å². The van der Waals surface area contributed by atoms with Crippen LogP contribution in [0, 0.1) is 17.8 Å². The summed E-state index contributed by atoms with van der Waals surface area (Å²) >= 11 is 0. The summed E-state index contributed by atoms with van der Waals surface area (Å²) in [5, 5.41) is 3.33. The minimum absolute atomic E-state index is 0.428. The molecule has 1 aliphatic rings. The molecule has 3 heteroatoms. The number of anilines is 1. The summed E-state index contributed by atoms with van der Waals surface area (Å²) in [6.45, 7) is 4.42. The van der Waals surface area contributed by atoms with Gasteiger partial charge in [0.1, 0.15) is 0 Å². The van der Waals surface area contributed by atoms with E-state index in [2.05, 4.69) is 24.1 Å². The fraction of sp³-hybridized carbons (Fsp3) is 0.545. The molecule has 1 aromatic rings. The molecule has 0 radical (unpaired) electrons. The number of pyridine rings is 1. The maximum atomic E-state index is 12.5. The highest BCUT2D eigenvalue weighted by atomic mass is 19.1. The van der Waals surface area contributed by atoms with Crippen LogP contribution in [0.5, 0.6) is 0 Å². The number of aromatic nitrogens is 1. The first-order valence-electron chi connectivity index (χ1n) is 5.05. The van der Waals surface area contributed by atoms with Gasteiger partial charge >= 0.3 is 0 Å². The Balaban J connectivity index is 1.93. The van der Waals surface area contributed by atoms with Crippen LogP contribution in [0.4, 0.5) is 10.1 Å². The number of rotatable bonds is 3. The lowest BCUT2D eigenvalue weighted by Gasteiger charge is -2.14. The first kappa shape index (κ1) is 9.44. The molecule has 0 aliphatic heterocycles. The minimum Gasteiger partial charge on any atom is -0.381 e. The molecule has 3 atom stereocenters. The molecule has 0 aromatic carbocycles. The molecule has 1 aliphatic carbocycles. The molecule has 1 heterocycles. The second kappa shape index (κ2) is 3.56. The average molecular weight is 194 g/mol. The van der Waals surface area contributed by atoms with Crippen LogP contribution in [-0.2, 0) is 0 Å². The SMILES string of the molecule is CC1CC1C(C)Nc1ccc(F)nc1. The van der Waals surface area contributed by atoms with Crippen LogP contribution < -0.4 is 5.32 Å². The Kier molecular flexibility index (Phi) is 2.40. The van der Waals surface area contributed by atoms with E-state index in [-0.39, 0.29) is 0 Å². The van der Waals surface area contributed by atoms with Gasteiger partial charge in [0, 0.05) is 6.04 Å². The lowest BCUT2D eigenvalue weighted by molar-refractivity contribution is 0.583. The van der Waals surface area contributed by atoms with E-state index in [9.17, 15) is 4.39 Å². The van der Waals surface area contributed by atoms with Crippen molar-refractivity contribution in [1.29, 1.82) is 0 Å². The topological polar surface area (TPSA) is 24.9 Å². The van der Waals surface area contributed by atoms with Gasteiger partial charge in [-0.1, -0.05) is 6.92 Å². The maximum absolute atomic E-state index is 12.5. The number of hydrogen-bond donors (Lipinski definition) is 1. The van der Waals surface area contributed by atoms with Crippen molar-refractivity contribution >= 4 is 5.69 Å². The van der Waals surface area contributed by atoms with Gasteiger partial charge in [-0.3, -0.25) is 0 Å². The predicted octanol–water partition coefficient (Wildman–Crippen LogP) is 2.68. The summed E-state index contributed by atoms with van der Waals surface area (Å²) in [7, 11) is 0. The van der Waals surface area contributed by atoms with Gasteiger partial charge in [0.05, 0.1) is 11.9 Å². The molecule has 0 spiro atoms. The van der Waals surface area contributed by atoms with Crippen molar-refractivity contribution in [2.24, 2.45) is 11.8 Å². The van der Waals surface area contributed by atoms with Gasteiger partial charge in [-0.2, -0.15) is 4.39 Å². The second-order valence-electron chi connectivity index (χ2n) is 4.18. The molecule has 76 valence electrons. The highest BCUT2D eigenvalue weighted by molar-refractivity contribution is 5.41. The van der Waals surface area contributed by atoms with Gasteiger partial charge in [-0.25, -0.2) is 4.98 Å². The largest absolute Gasteiger partial charge is 0.381 e. The van der Waals surface area contributed by atoms with Crippen molar-refractivity contribution in [2.45, 2.75) is 26.3 Å². The van der Waals surface area contributed by atoms with E-state index in [1.54, 1.807) is 12.3 Å². The molecule has 0 amide bonds. The Bertz CT molecular complexity index is 310. The van der Waals surface area contributed by atoms with Crippen molar-refractivity contribution in [3.63, 3.8) is 0 Å². The zero-order chi connectivity index (χ0) is 10.1. The summed E-state index contributed by atoms with van der Waals surface area (Å²) in [5.74, 6) is 1.16. The maximum Gasteiger partial charge on any atom is 0.212 e. The smallest absolute Gasteiger partial charge is 0.212 e. The monoisotopic (exact) mass is 194 g/mol. The van der Waals surface area contributed by atoms with E-state index in [1.807, 2.05) is 0 Å². The lowest BCUT2D eigenvalue weighted by Crippen LogP contribution is -2.18. The van der Waals surface area contributed by atoms with Gasteiger partial charge < -0.3 is 5.32 Å². The Morgan fingerprint density at radius 3 is 2.79 bits per heavy atom. The molecule has 3 unspecified atom stereocenters. The summed E-state index contributed by atoms with van der Waals surface area (Å²) in [5.41, 5.74) is 0.901. The van der Waals surface area contributed by atoms with E-state index < -0.39 is 5.95 Å². The van der Waals surface area contributed by atoms with Gasteiger partial charge in [0.25, 0.3) is 0 Å². The first-order chi connectivity index (χ1) is 6.66. The van der Waals surface area contributed by atoms with Crippen LogP contribution in [0.2, 0.25) is 0 Å². The Morgan fingerprint density at radius 1 is 1.57 bits per heavy atom. The molecule has 0 saturated heterocycles. The van der Waals surface area contributed by atoms with Crippen LogP contribution in [0.25, 0.3) is 0 Å². The molecule has 1 saturated carbocycles. The van der Waals surface area contributed by atoms with Crippen molar-refractivity contribution in [3.05, 3.63) is 24.3 Å². The normalized spacial score (nSPS) is 27.1. The third-order valence-electron chi connectivity index (χ3n) is 2.94.